The molecule has 0 spiro atoms. The monoisotopic (exact) mass is 252 g/mol. The summed E-state index contributed by atoms with van der Waals surface area (Å²) in [6.45, 7) is 2.17. The highest BCUT2D eigenvalue weighted by Crippen LogP contribution is 2.08. The van der Waals surface area contributed by atoms with E-state index in [4.69, 9.17) is 0 Å². The lowest BCUT2D eigenvalue weighted by Gasteiger charge is -2.13. The molecule has 0 unspecified atom stereocenters. The number of carbonyl (C=O) groups is 2. The van der Waals surface area contributed by atoms with Gasteiger partial charge in [0.05, 0.1) is 0 Å². The molecule has 1 aliphatic heterocycles. The highest BCUT2D eigenvalue weighted by Gasteiger charge is 2.20. The van der Waals surface area contributed by atoms with Crippen molar-refractivity contribution < 1.29 is 9.59 Å². The summed E-state index contributed by atoms with van der Waals surface area (Å²) >= 11 is 0. The Labute approximate surface area is 109 Å². The zero-order chi connectivity index (χ0) is 13.2. The van der Waals surface area contributed by atoms with E-state index in [0.717, 1.165) is 25.7 Å². The minimum Gasteiger partial charge on any atom is -0.344 e. The molecule has 2 amide bonds. The van der Waals surface area contributed by atoms with Crippen LogP contribution < -0.4 is 5.32 Å². The fourth-order valence-electron chi connectivity index (χ4n) is 2.07. The lowest BCUT2D eigenvalue weighted by Crippen LogP contribution is -2.39. The molecule has 4 heteroatoms. The van der Waals surface area contributed by atoms with Crippen molar-refractivity contribution in [1.29, 1.82) is 0 Å². The molecule has 0 saturated heterocycles. The second-order valence-corrected chi connectivity index (χ2v) is 4.87. The van der Waals surface area contributed by atoms with Gasteiger partial charge in [0.1, 0.15) is 6.04 Å². The molecule has 0 aromatic heterocycles. The van der Waals surface area contributed by atoms with Gasteiger partial charge in [-0.1, -0.05) is 32.6 Å². The van der Waals surface area contributed by atoms with Crippen molar-refractivity contribution in [3.05, 3.63) is 0 Å². The SMILES string of the molecule is CCCCCCCC(=O)N[C@@H]1CCCC=NC1=O. The normalized spacial score (nSPS) is 19.6. The van der Waals surface area contributed by atoms with Gasteiger partial charge in [0, 0.05) is 12.6 Å². The van der Waals surface area contributed by atoms with Crippen LogP contribution in [0.5, 0.6) is 0 Å². The minimum atomic E-state index is -0.396. The molecule has 1 atom stereocenters. The molecule has 0 aromatic rings. The Balaban J connectivity index is 2.18. The molecule has 0 aliphatic carbocycles. The van der Waals surface area contributed by atoms with Gasteiger partial charge in [-0.25, -0.2) is 4.99 Å². The number of hydrogen-bond donors (Lipinski definition) is 1. The largest absolute Gasteiger partial charge is 0.344 e. The molecule has 18 heavy (non-hydrogen) atoms. The standard InChI is InChI=1S/C14H24N2O2/c1-2-3-4-5-6-10-13(17)16-12-9-7-8-11-15-14(12)18/h11-12H,2-10H2,1H3,(H,16,17)/t12-/m1/s1. The van der Waals surface area contributed by atoms with E-state index in [-0.39, 0.29) is 11.8 Å². The Kier molecular flexibility index (Phi) is 7.30. The van der Waals surface area contributed by atoms with Gasteiger partial charge in [-0.15, -0.1) is 0 Å². The van der Waals surface area contributed by atoms with Crippen LogP contribution in [0.2, 0.25) is 0 Å². The topological polar surface area (TPSA) is 58.5 Å². The Bertz CT molecular complexity index is 300. The van der Waals surface area contributed by atoms with Crippen molar-refractivity contribution in [2.45, 2.75) is 70.8 Å². The maximum atomic E-state index is 11.7. The number of aliphatic imine (C=N–C) groups is 1. The predicted octanol–water partition coefficient (Wildman–Crippen LogP) is 2.61. The van der Waals surface area contributed by atoms with E-state index in [0.29, 0.717) is 12.8 Å². The third-order valence-corrected chi connectivity index (χ3v) is 3.19. The van der Waals surface area contributed by atoms with Crippen LogP contribution in [-0.2, 0) is 9.59 Å². The number of hydrogen-bond acceptors (Lipinski definition) is 2. The van der Waals surface area contributed by atoms with Crippen molar-refractivity contribution in [3.8, 4) is 0 Å². The fraction of sp³-hybridized carbons (Fsp3) is 0.786. The fourth-order valence-corrected chi connectivity index (χ4v) is 2.07. The molecular weight excluding hydrogens is 228 g/mol. The molecule has 0 saturated carbocycles. The van der Waals surface area contributed by atoms with Crippen LogP contribution in [0.25, 0.3) is 0 Å². The molecule has 0 aromatic carbocycles. The first-order valence-electron chi connectivity index (χ1n) is 7.09. The van der Waals surface area contributed by atoms with Gasteiger partial charge in [0.2, 0.25) is 5.91 Å². The number of rotatable bonds is 7. The van der Waals surface area contributed by atoms with Crippen LogP contribution in [-0.4, -0.2) is 24.1 Å². The van der Waals surface area contributed by atoms with Crippen LogP contribution in [0.3, 0.4) is 0 Å². The summed E-state index contributed by atoms with van der Waals surface area (Å²) in [5, 5.41) is 2.80. The highest BCUT2D eigenvalue weighted by atomic mass is 16.2. The summed E-state index contributed by atoms with van der Waals surface area (Å²) < 4.78 is 0. The first-order chi connectivity index (χ1) is 8.74. The smallest absolute Gasteiger partial charge is 0.267 e. The van der Waals surface area contributed by atoms with Crippen molar-refractivity contribution in [2.24, 2.45) is 4.99 Å². The molecule has 1 heterocycles. The van der Waals surface area contributed by atoms with E-state index < -0.39 is 6.04 Å². The number of unbranched alkanes of at least 4 members (excludes halogenated alkanes) is 4. The first-order valence-corrected chi connectivity index (χ1v) is 7.09. The van der Waals surface area contributed by atoms with Crippen LogP contribution in [0, 0.1) is 0 Å². The summed E-state index contributed by atoms with van der Waals surface area (Å²) in [4.78, 5) is 27.0. The van der Waals surface area contributed by atoms with Crippen LogP contribution in [0.4, 0.5) is 0 Å². The van der Waals surface area contributed by atoms with Gasteiger partial charge in [0.15, 0.2) is 0 Å². The highest BCUT2D eigenvalue weighted by molar-refractivity contribution is 5.92. The van der Waals surface area contributed by atoms with E-state index in [9.17, 15) is 9.59 Å². The van der Waals surface area contributed by atoms with Gasteiger partial charge in [0.25, 0.3) is 5.91 Å². The lowest BCUT2D eigenvalue weighted by molar-refractivity contribution is -0.127. The minimum absolute atomic E-state index is 0.0121. The van der Waals surface area contributed by atoms with E-state index in [1.165, 1.54) is 19.3 Å². The van der Waals surface area contributed by atoms with Gasteiger partial charge >= 0.3 is 0 Å². The van der Waals surface area contributed by atoms with E-state index in [1.54, 1.807) is 6.21 Å². The maximum absolute atomic E-state index is 11.7. The summed E-state index contributed by atoms with van der Waals surface area (Å²) in [5.74, 6) is -0.214. The Hall–Kier alpha value is -1.19. The summed E-state index contributed by atoms with van der Waals surface area (Å²) in [7, 11) is 0. The second kappa shape index (κ2) is 8.84. The average Bonchev–Trinajstić information content (AvgIpc) is 2.55. The molecule has 4 nitrogen and oxygen atoms in total. The molecule has 0 bridgehead atoms. The lowest BCUT2D eigenvalue weighted by atomic mass is 10.1. The Morgan fingerprint density at radius 2 is 2.17 bits per heavy atom. The molecular formula is C14H24N2O2. The number of nitrogens with one attached hydrogen (secondary N) is 1. The van der Waals surface area contributed by atoms with E-state index in [2.05, 4.69) is 17.2 Å². The molecule has 102 valence electrons. The van der Waals surface area contributed by atoms with Crippen LogP contribution >= 0.6 is 0 Å². The second-order valence-electron chi connectivity index (χ2n) is 4.87. The summed E-state index contributed by atoms with van der Waals surface area (Å²) in [5.41, 5.74) is 0. The zero-order valence-corrected chi connectivity index (χ0v) is 11.3. The van der Waals surface area contributed by atoms with Crippen molar-refractivity contribution in [1.82, 2.24) is 5.32 Å². The van der Waals surface area contributed by atoms with Gasteiger partial charge in [-0.3, -0.25) is 9.59 Å². The summed E-state index contributed by atoms with van der Waals surface area (Å²) in [6, 6.07) is -0.396. The number of carbonyl (C=O) groups excluding carboxylic acids is 2. The third-order valence-electron chi connectivity index (χ3n) is 3.19. The quantitative estimate of drug-likeness (QED) is 0.708. The maximum Gasteiger partial charge on any atom is 0.267 e. The first kappa shape index (κ1) is 14.9. The van der Waals surface area contributed by atoms with E-state index >= 15 is 0 Å². The summed E-state index contributed by atoms with van der Waals surface area (Å²) in [6.07, 6.45) is 10.3. The third kappa shape index (κ3) is 5.94. The van der Waals surface area contributed by atoms with Crippen molar-refractivity contribution in [2.75, 3.05) is 0 Å². The Morgan fingerprint density at radius 1 is 1.39 bits per heavy atom. The van der Waals surface area contributed by atoms with Gasteiger partial charge in [-0.2, -0.15) is 0 Å². The predicted molar refractivity (Wildman–Crippen MR) is 72.7 cm³/mol. The molecule has 1 aliphatic rings. The number of amides is 2. The molecule has 1 N–H and O–H groups in total. The Morgan fingerprint density at radius 3 is 2.94 bits per heavy atom. The van der Waals surface area contributed by atoms with Crippen molar-refractivity contribution >= 4 is 18.0 Å². The molecule has 1 rings (SSSR count). The average molecular weight is 252 g/mol. The molecule has 0 fully saturated rings. The number of nitrogens with zero attached hydrogens (tertiary/aromatic N) is 1. The zero-order valence-electron chi connectivity index (χ0n) is 11.3. The van der Waals surface area contributed by atoms with Crippen LogP contribution in [0.1, 0.15) is 64.7 Å². The van der Waals surface area contributed by atoms with E-state index in [1.807, 2.05) is 0 Å². The van der Waals surface area contributed by atoms with Crippen LogP contribution in [0.15, 0.2) is 4.99 Å². The van der Waals surface area contributed by atoms with Gasteiger partial charge < -0.3 is 5.32 Å². The molecule has 0 radical (unpaired) electrons. The van der Waals surface area contributed by atoms with Gasteiger partial charge in [-0.05, 0) is 25.7 Å². The van der Waals surface area contributed by atoms with Crippen molar-refractivity contribution in [3.63, 3.8) is 0 Å².